The number of ether oxygens (including phenoxy) is 1. The van der Waals surface area contributed by atoms with E-state index >= 15 is 0 Å². The molecule has 0 saturated heterocycles. The van der Waals surface area contributed by atoms with Crippen LogP contribution in [0.4, 0.5) is 0 Å². The maximum atomic E-state index is 5.05. The molecule has 0 spiro atoms. The summed E-state index contributed by atoms with van der Waals surface area (Å²) in [5.41, 5.74) is 2.12. The number of aromatic nitrogens is 2. The Balaban J connectivity index is 1.90. The zero-order valence-electron chi connectivity index (χ0n) is 13.3. The Kier molecular flexibility index (Phi) is 5.71. The van der Waals surface area contributed by atoms with Gasteiger partial charge in [0.2, 0.25) is 5.88 Å². The van der Waals surface area contributed by atoms with Crippen molar-refractivity contribution in [2.75, 3.05) is 21.2 Å². The fraction of sp³-hybridized carbons (Fsp3) is 0.400. The summed E-state index contributed by atoms with van der Waals surface area (Å²) in [6.45, 7) is 3.40. The Labute approximate surface area is 134 Å². The molecule has 2 heterocycles. The van der Waals surface area contributed by atoms with E-state index in [0.717, 1.165) is 28.8 Å². The summed E-state index contributed by atoms with van der Waals surface area (Å²) in [5, 5.41) is 6.48. The number of pyridine rings is 1. The first-order chi connectivity index (χ1) is 10.6. The summed E-state index contributed by atoms with van der Waals surface area (Å²) in [5.74, 6) is 1.44. The molecule has 0 aliphatic rings. The summed E-state index contributed by atoms with van der Waals surface area (Å²) < 4.78 is 5.05. The van der Waals surface area contributed by atoms with Crippen LogP contribution in [0.2, 0.25) is 0 Å². The van der Waals surface area contributed by atoms with E-state index in [1.54, 1.807) is 31.7 Å². The highest BCUT2D eigenvalue weighted by atomic mass is 32.1. The number of hydrogen-bond acceptors (Lipinski definition) is 5. The molecule has 0 saturated carbocycles. The van der Waals surface area contributed by atoms with Crippen molar-refractivity contribution in [2.24, 2.45) is 4.99 Å². The van der Waals surface area contributed by atoms with Crippen LogP contribution >= 0.6 is 11.3 Å². The lowest BCUT2D eigenvalue weighted by molar-refractivity contribution is 0.397. The van der Waals surface area contributed by atoms with E-state index in [9.17, 15) is 0 Å². The lowest BCUT2D eigenvalue weighted by Gasteiger charge is -2.21. The second-order valence-electron chi connectivity index (χ2n) is 4.82. The number of hydrogen-bond donors (Lipinski definition) is 1. The molecule has 22 heavy (non-hydrogen) atoms. The van der Waals surface area contributed by atoms with Gasteiger partial charge in [0.1, 0.15) is 0 Å². The normalized spacial score (nSPS) is 11.4. The topological polar surface area (TPSA) is 62.6 Å². The van der Waals surface area contributed by atoms with Gasteiger partial charge in [0, 0.05) is 38.3 Å². The van der Waals surface area contributed by atoms with E-state index in [0.29, 0.717) is 12.4 Å². The molecule has 0 radical (unpaired) electrons. The van der Waals surface area contributed by atoms with Crippen LogP contribution in [0.15, 0.2) is 28.7 Å². The van der Waals surface area contributed by atoms with Crippen molar-refractivity contribution >= 4 is 17.3 Å². The van der Waals surface area contributed by atoms with Gasteiger partial charge in [-0.25, -0.2) is 9.97 Å². The Morgan fingerprint density at radius 1 is 1.45 bits per heavy atom. The van der Waals surface area contributed by atoms with Gasteiger partial charge in [-0.15, -0.1) is 11.3 Å². The molecule has 118 valence electrons. The molecular weight excluding hydrogens is 298 g/mol. The van der Waals surface area contributed by atoms with Crippen molar-refractivity contribution in [3.63, 3.8) is 0 Å². The number of methoxy groups -OCH3 is 1. The van der Waals surface area contributed by atoms with Crippen LogP contribution in [0.1, 0.15) is 16.3 Å². The number of nitrogens with zero attached hydrogens (tertiary/aromatic N) is 4. The van der Waals surface area contributed by atoms with Crippen LogP contribution in [0.5, 0.6) is 5.88 Å². The number of guanidine groups is 1. The molecular formula is C15H21N5OS. The van der Waals surface area contributed by atoms with Gasteiger partial charge in [0.15, 0.2) is 5.96 Å². The van der Waals surface area contributed by atoms with E-state index in [-0.39, 0.29) is 0 Å². The molecule has 7 heteroatoms. The van der Waals surface area contributed by atoms with Crippen LogP contribution < -0.4 is 10.1 Å². The third kappa shape index (κ3) is 4.42. The Morgan fingerprint density at radius 3 is 2.82 bits per heavy atom. The minimum absolute atomic E-state index is 0.615. The third-order valence-electron chi connectivity index (χ3n) is 3.10. The quantitative estimate of drug-likeness (QED) is 0.675. The predicted octanol–water partition coefficient (Wildman–Crippen LogP) is 2.06. The van der Waals surface area contributed by atoms with Gasteiger partial charge in [-0.05, 0) is 12.5 Å². The maximum Gasteiger partial charge on any atom is 0.212 e. The fourth-order valence-electron chi connectivity index (χ4n) is 2.00. The first kappa shape index (κ1) is 16.2. The van der Waals surface area contributed by atoms with E-state index in [1.165, 1.54) is 0 Å². The molecule has 2 rings (SSSR count). The van der Waals surface area contributed by atoms with E-state index in [4.69, 9.17) is 4.74 Å². The van der Waals surface area contributed by atoms with Crippen molar-refractivity contribution in [2.45, 2.75) is 20.0 Å². The highest BCUT2D eigenvalue weighted by Gasteiger charge is 2.08. The minimum Gasteiger partial charge on any atom is -0.481 e. The van der Waals surface area contributed by atoms with Gasteiger partial charge >= 0.3 is 0 Å². The van der Waals surface area contributed by atoms with Crippen LogP contribution in [0.25, 0.3) is 0 Å². The van der Waals surface area contributed by atoms with Gasteiger partial charge in [-0.3, -0.25) is 4.99 Å². The lowest BCUT2D eigenvalue weighted by atomic mass is 10.3. The fourth-order valence-corrected chi connectivity index (χ4v) is 2.60. The molecule has 0 unspecified atom stereocenters. The average molecular weight is 319 g/mol. The highest BCUT2D eigenvalue weighted by Crippen LogP contribution is 2.10. The van der Waals surface area contributed by atoms with Crippen LogP contribution in [0.3, 0.4) is 0 Å². The number of rotatable bonds is 5. The first-order valence-electron chi connectivity index (χ1n) is 6.94. The number of nitrogens with one attached hydrogen (secondary N) is 1. The highest BCUT2D eigenvalue weighted by molar-refractivity contribution is 7.09. The second kappa shape index (κ2) is 7.74. The molecule has 0 aliphatic heterocycles. The van der Waals surface area contributed by atoms with E-state index in [1.807, 2.05) is 31.0 Å². The zero-order chi connectivity index (χ0) is 15.9. The lowest BCUT2D eigenvalue weighted by Crippen LogP contribution is -2.38. The van der Waals surface area contributed by atoms with Gasteiger partial charge in [0.05, 0.1) is 24.4 Å². The standard InChI is InChI=1S/C15H21N5OS/c1-11-19-13(10-22-11)9-20(3)15(16-2)18-8-12-5-6-14(21-4)17-7-12/h5-7,10H,8-9H2,1-4H3,(H,16,18). The molecule has 0 bridgehead atoms. The molecule has 0 atom stereocenters. The SMILES string of the molecule is CN=C(NCc1ccc(OC)nc1)N(C)Cc1csc(C)n1. The summed E-state index contributed by atoms with van der Waals surface area (Å²) in [6.07, 6.45) is 1.79. The molecule has 1 N–H and O–H groups in total. The smallest absolute Gasteiger partial charge is 0.212 e. The van der Waals surface area contributed by atoms with E-state index in [2.05, 4.69) is 25.7 Å². The summed E-state index contributed by atoms with van der Waals surface area (Å²) in [7, 11) is 5.38. The summed E-state index contributed by atoms with van der Waals surface area (Å²) in [4.78, 5) is 15.0. The van der Waals surface area contributed by atoms with Crippen molar-refractivity contribution in [3.8, 4) is 5.88 Å². The number of aryl methyl sites for hydroxylation is 1. The van der Waals surface area contributed by atoms with Crippen LogP contribution in [0, 0.1) is 6.92 Å². The third-order valence-corrected chi connectivity index (χ3v) is 3.92. The molecule has 2 aromatic rings. The molecule has 6 nitrogen and oxygen atoms in total. The number of aliphatic imine (C=N–C) groups is 1. The monoisotopic (exact) mass is 319 g/mol. The van der Waals surface area contributed by atoms with Crippen LogP contribution in [-0.2, 0) is 13.1 Å². The van der Waals surface area contributed by atoms with Gasteiger partial charge in [-0.1, -0.05) is 6.07 Å². The van der Waals surface area contributed by atoms with Crippen molar-refractivity contribution in [1.29, 1.82) is 0 Å². The summed E-state index contributed by atoms with van der Waals surface area (Å²) in [6, 6.07) is 3.83. The number of thiazole rings is 1. The van der Waals surface area contributed by atoms with Crippen molar-refractivity contribution in [1.82, 2.24) is 20.2 Å². The summed E-state index contributed by atoms with van der Waals surface area (Å²) >= 11 is 1.66. The first-order valence-corrected chi connectivity index (χ1v) is 7.82. The van der Waals surface area contributed by atoms with Crippen LogP contribution in [-0.4, -0.2) is 42.0 Å². The Bertz CT molecular complexity index is 623. The van der Waals surface area contributed by atoms with Gasteiger partial charge in [0.25, 0.3) is 0 Å². The predicted molar refractivity (Wildman–Crippen MR) is 89.3 cm³/mol. The van der Waals surface area contributed by atoms with Crippen molar-refractivity contribution < 1.29 is 4.74 Å². The zero-order valence-corrected chi connectivity index (χ0v) is 14.1. The largest absolute Gasteiger partial charge is 0.481 e. The molecule has 0 fully saturated rings. The molecule has 0 aromatic carbocycles. The Hall–Kier alpha value is -2.15. The molecule has 0 aliphatic carbocycles. The van der Waals surface area contributed by atoms with E-state index < -0.39 is 0 Å². The minimum atomic E-state index is 0.615. The Morgan fingerprint density at radius 2 is 2.27 bits per heavy atom. The molecule has 0 amide bonds. The van der Waals surface area contributed by atoms with Gasteiger partial charge in [-0.2, -0.15) is 0 Å². The van der Waals surface area contributed by atoms with Gasteiger partial charge < -0.3 is 15.0 Å². The maximum absolute atomic E-state index is 5.05. The van der Waals surface area contributed by atoms with Crippen molar-refractivity contribution in [3.05, 3.63) is 40.0 Å². The second-order valence-corrected chi connectivity index (χ2v) is 5.89. The molecule has 2 aromatic heterocycles. The average Bonchev–Trinajstić information content (AvgIpc) is 2.93.